The van der Waals surface area contributed by atoms with Gasteiger partial charge < -0.3 is 14.8 Å². The fourth-order valence-corrected chi connectivity index (χ4v) is 4.58. The van der Waals surface area contributed by atoms with Crippen molar-refractivity contribution in [1.29, 1.82) is 0 Å². The number of nitrogens with one attached hydrogen (secondary N) is 1. The molecule has 3 aromatic rings. The third kappa shape index (κ3) is 4.57. The summed E-state index contributed by atoms with van der Waals surface area (Å²) in [5.41, 5.74) is 0.731. The number of hydrogen-bond donors (Lipinski definition) is 1. The van der Waals surface area contributed by atoms with Crippen LogP contribution in [0.25, 0.3) is 5.52 Å². The van der Waals surface area contributed by atoms with Gasteiger partial charge in [0.25, 0.3) is 11.5 Å². The quantitative estimate of drug-likeness (QED) is 0.583. The Morgan fingerprint density at radius 2 is 1.71 bits per heavy atom. The predicted molar refractivity (Wildman–Crippen MR) is 129 cm³/mol. The number of aromatic nitrogens is 2. The predicted octanol–water partition coefficient (Wildman–Crippen LogP) is 3.99. The smallest absolute Gasteiger partial charge is 0.272 e. The lowest BCUT2D eigenvalue weighted by atomic mass is 9.94. The summed E-state index contributed by atoms with van der Waals surface area (Å²) in [5, 5.41) is 0.456. The van der Waals surface area contributed by atoms with Crippen molar-refractivity contribution < 1.29 is 14.0 Å². The normalized spacial score (nSPS) is 14.6. The molecule has 1 aliphatic rings. The van der Waals surface area contributed by atoms with Crippen LogP contribution < -0.4 is 5.56 Å². The van der Waals surface area contributed by atoms with E-state index in [4.69, 9.17) is 23.2 Å². The molecule has 7 nitrogen and oxygen atoms in total. The first-order valence-electron chi connectivity index (χ1n) is 10.9. The zero-order valence-corrected chi connectivity index (χ0v) is 20.6. The van der Waals surface area contributed by atoms with Crippen molar-refractivity contribution >= 4 is 40.5 Å². The summed E-state index contributed by atoms with van der Waals surface area (Å²) < 4.78 is 16.2. The van der Waals surface area contributed by atoms with Gasteiger partial charge in [-0.1, -0.05) is 50.0 Å². The Morgan fingerprint density at radius 3 is 2.35 bits per heavy atom. The molecular formula is C24H25Cl2FN4O3. The SMILES string of the molecule is CC(C)(C)C(=O)N1CCN(C(=O)c2cc(Cc3c[nH]c(=O)c4cc(Cl)c(Cl)n34)ccc2F)CC1. The van der Waals surface area contributed by atoms with Crippen LogP contribution in [0.5, 0.6) is 0 Å². The number of rotatable bonds is 3. The molecule has 1 N–H and O–H groups in total. The Hall–Kier alpha value is -2.84. The van der Waals surface area contributed by atoms with Crippen LogP contribution in [0.4, 0.5) is 4.39 Å². The van der Waals surface area contributed by atoms with E-state index in [9.17, 15) is 18.8 Å². The molecule has 0 radical (unpaired) electrons. The fraction of sp³-hybridized carbons (Fsp3) is 0.375. The molecule has 1 saturated heterocycles. The highest BCUT2D eigenvalue weighted by Gasteiger charge is 2.31. The molecule has 0 aliphatic carbocycles. The maximum atomic E-state index is 14.6. The number of piperazine rings is 1. The zero-order chi connectivity index (χ0) is 24.8. The van der Waals surface area contributed by atoms with Crippen molar-refractivity contribution in [3.8, 4) is 0 Å². The van der Waals surface area contributed by atoms with Gasteiger partial charge in [0.15, 0.2) is 0 Å². The zero-order valence-electron chi connectivity index (χ0n) is 19.1. The average molecular weight is 507 g/mol. The minimum absolute atomic E-state index is 0.0313. The molecule has 0 unspecified atom stereocenters. The first kappa shape index (κ1) is 24.3. The van der Waals surface area contributed by atoms with Crippen LogP contribution in [0.3, 0.4) is 0 Å². The van der Waals surface area contributed by atoms with Crippen molar-refractivity contribution in [2.45, 2.75) is 27.2 Å². The van der Waals surface area contributed by atoms with Crippen LogP contribution in [-0.4, -0.2) is 57.2 Å². The highest BCUT2D eigenvalue weighted by atomic mass is 35.5. The van der Waals surface area contributed by atoms with Crippen LogP contribution >= 0.6 is 23.2 Å². The lowest BCUT2D eigenvalue weighted by Gasteiger charge is -2.37. The first-order chi connectivity index (χ1) is 16.0. The summed E-state index contributed by atoms with van der Waals surface area (Å²) in [7, 11) is 0. The van der Waals surface area contributed by atoms with Crippen molar-refractivity contribution in [3.63, 3.8) is 0 Å². The van der Waals surface area contributed by atoms with E-state index < -0.39 is 17.1 Å². The van der Waals surface area contributed by atoms with E-state index in [1.165, 1.54) is 24.4 Å². The van der Waals surface area contributed by atoms with E-state index >= 15 is 0 Å². The molecule has 3 heterocycles. The van der Waals surface area contributed by atoms with Gasteiger partial charge in [-0.3, -0.25) is 18.8 Å². The number of halogens is 3. The summed E-state index contributed by atoms with van der Waals surface area (Å²) in [6, 6.07) is 5.84. The molecule has 10 heteroatoms. The first-order valence-corrected chi connectivity index (χ1v) is 11.7. The second-order valence-electron chi connectivity index (χ2n) is 9.44. The summed E-state index contributed by atoms with van der Waals surface area (Å²) >= 11 is 12.4. The maximum Gasteiger partial charge on any atom is 0.272 e. The van der Waals surface area contributed by atoms with Gasteiger partial charge in [-0.2, -0.15) is 0 Å². The number of hydrogen-bond acceptors (Lipinski definition) is 3. The molecule has 1 aromatic carbocycles. The second-order valence-corrected chi connectivity index (χ2v) is 10.2. The number of aromatic amines is 1. The van der Waals surface area contributed by atoms with Crippen LogP contribution in [0.15, 0.2) is 35.3 Å². The van der Waals surface area contributed by atoms with E-state index in [2.05, 4.69) is 4.98 Å². The average Bonchev–Trinajstić information content (AvgIpc) is 3.11. The third-order valence-corrected chi connectivity index (χ3v) is 6.69. The number of benzene rings is 1. The number of carbonyl (C=O) groups excluding carboxylic acids is 2. The van der Waals surface area contributed by atoms with Crippen LogP contribution in [-0.2, 0) is 11.2 Å². The topological polar surface area (TPSA) is 77.9 Å². The number of amides is 2. The summed E-state index contributed by atoms with van der Waals surface area (Å²) in [5.74, 6) is -1.00. The van der Waals surface area contributed by atoms with Crippen molar-refractivity contribution in [1.82, 2.24) is 19.2 Å². The molecule has 4 rings (SSSR count). The number of fused-ring (bicyclic) bond motifs is 1. The molecule has 2 amide bonds. The molecule has 180 valence electrons. The fourth-order valence-electron chi connectivity index (χ4n) is 4.13. The molecular weight excluding hydrogens is 482 g/mol. The maximum absolute atomic E-state index is 14.6. The summed E-state index contributed by atoms with van der Waals surface area (Å²) in [4.78, 5) is 43.7. The van der Waals surface area contributed by atoms with Crippen molar-refractivity contribution in [2.24, 2.45) is 5.41 Å². The van der Waals surface area contributed by atoms with Gasteiger partial charge in [-0.15, -0.1) is 0 Å². The van der Waals surface area contributed by atoms with E-state index in [-0.39, 0.29) is 33.6 Å². The molecule has 2 aromatic heterocycles. The van der Waals surface area contributed by atoms with Crippen molar-refractivity contribution in [3.05, 3.63) is 73.6 Å². The van der Waals surface area contributed by atoms with Gasteiger partial charge in [-0.25, -0.2) is 4.39 Å². The third-order valence-electron chi connectivity index (χ3n) is 5.93. The number of nitrogens with zero attached hydrogens (tertiary/aromatic N) is 3. The lowest BCUT2D eigenvalue weighted by Crippen LogP contribution is -2.53. The summed E-state index contributed by atoms with van der Waals surface area (Å²) in [6.45, 7) is 7.07. The standard InChI is InChI=1S/C24H25Cl2FN4O3/c1-24(2,3)23(34)30-8-6-29(7-9-30)22(33)16-11-14(4-5-18(16)27)10-15-13-28-21(32)19-12-17(25)20(26)31(15)19/h4-5,11-13H,6-10H2,1-3H3,(H,28,32). The largest absolute Gasteiger partial charge is 0.339 e. The highest BCUT2D eigenvalue weighted by Crippen LogP contribution is 2.27. The molecule has 1 fully saturated rings. The van der Waals surface area contributed by atoms with Gasteiger partial charge in [-0.05, 0) is 23.8 Å². The molecule has 34 heavy (non-hydrogen) atoms. The Morgan fingerprint density at radius 1 is 1.06 bits per heavy atom. The second kappa shape index (κ2) is 9.07. The Labute approximate surface area is 206 Å². The minimum Gasteiger partial charge on any atom is -0.339 e. The molecule has 0 bridgehead atoms. The van der Waals surface area contributed by atoms with E-state index in [1.807, 2.05) is 20.8 Å². The highest BCUT2D eigenvalue weighted by molar-refractivity contribution is 6.42. The summed E-state index contributed by atoms with van der Waals surface area (Å²) in [6.07, 6.45) is 1.81. The van der Waals surface area contributed by atoms with Gasteiger partial charge in [0, 0.05) is 49.9 Å². The number of H-pyrrole nitrogens is 1. The van der Waals surface area contributed by atoms with Crippen LogP contribution in [0, 0.1) is 11.2 Å². The van der Waals surface area contributed by atoms with E-state index in [1.54, 1.807) is 20.3 Å². The molecule has 0 atom stereocenters. The molecule has 0 spiro atoms. The Kier molecular flexibility index (Phi) is 6.48. The molecule has 1 aliphatic heterocycles. The van der Waals surface area contributed by atoms with Gasteiger partial charge >= 0.3 is 0 Å². The van der Waals surface area contributed by atoms with Gasteiger partial charge in [0.2, 0.25) is 5.91 Å². The van der Waals surface area contributed by atoms with Crippen molar-refractivity contribution in [2.75, 3.05) is 26.2 Å². The number of carbonyl (C=O) groups is 2. The van der Waals surface area contributed by atoms with Gasteiger partial charge in [0.05, 0.1) is 10.6 Å². The Balaban J connectivity index is 1.55. The van der Waals surface area contributed by atoms with Crippen LogP contribution in [0.2, 0.25) is 10.2 Å². The van der Waals surface area contributed by atoms with E-state index in [0.717, 1.165) is 0 Å². The van der Waals surface area contributed by atoms with Gasteiger partial charge in [0.1, 0.15) is 16.5 Å². The Bertz CT molecular complexity index is 1330. The minimum atomic E-state index is -0.615. The van der Waals surface area contributed by atoms with Crippen LogP contribution in [0.1, 0.15) is 42.4 Å². The monoisotopic (exact) mass is 506 g/mol. The lowest BCUT2D eigenvalue weighted by molar-refractivity contribution is -0.140. The molecule has 0 saturated carbocycles. The van der Waals surface area contributed by atoms with E-state index in [0.29, 0.717) is 43.0 Å².